The summed E-state index contributed by atoms with van der Waals surface area (Å²) in [6, 6.07) is 20.5. The molecule has 4 rings (SSSR count). The first-order valence-electron chi connectivity index (χ1n) is 10.6. The Morgan fingerprint density at radius 2 is 1.76 bits per heavy atom. The number of carbonyl (C=O) groups is 3. The van der Waals surface area contributed by atoms with Crippen molar-refractivity contribution in [3.63, 3.8) is 0 Å². The first-order chi connectivity index (χ1) is 16.0. The summed E-state index contributed by atoms with van der Waals surface area (Å²) in [5.74, 6) is -1.32. The van der Waals surface area contributed by atoms with Crippen molar-refractivity contribution in [2.75, 3.05) is 18.6 Å². The Kier molecular flexibility index (Phi) is 6.49. The minimum Gasteiger partial charge on any atom is -0.497 e. The van der Waals surface area contributed by atoms with Gasteiger partial charge in [-0.05, 0) is 54.4 Å². The summed E-state index contributed by atoms with van der Waals surface area (Å²) >= 11 is 0. The van der Waals surface area contributed by atoms with E-state index in [2.05, 4.69) is 0 Å². The van der Waals surface area contributed by atoms with Gasteiger partial charge in [0.15, 0.2) is 0 Å². The highest BCUT2D eigenvalue weighted by atomic mass is 19.1. The minimum atomic E-state index is -0.973. The molecular weight excluding hydrogens is 423 g/mol. The Morgan fingerprint density at radius 3 is 2.42 bits per heavy atom. The molecule has 1 saturated heterocycles. The van der Waals surface area contributed by atoms with E-state index in [1.54, 1.807) is 24.3 Å². The molecule has 0 aromatic heterocycles. The predicted octanol–water partition coefficient (Wildman–Crippen LogP) is 3.85. The van der Waals surface area contributed by atoms with Crippen molar-refractivity contribution in [2.45, 2.75) is 18.9 Å². The van der Waals surface area contributed by atoms with E-state index in [4.69, 9.17) is 4.74 Å². The second-order valence-electron chi connectivity index (χ2n) is 7.73. The van der Waals surface area contributed by atoms with Gasteiger partial charge in [-0.25, -0.2) is 9.29 Å². The van der Waals surface area contributed by atoms with Crippen LogP contribution in [-0.4, -0.2) is 42.3 Å². The number of carbonyl (C=O) groups excluding carboxylic acids is 3. The monoisotopic (exact) mass is 446 g/mol. The molecular formula is C26H23FN2O4. The van der Waals surface area contributed by atoms with Crippen LogP contribution in [0.5, 0.6) is 5.75 Å². The van der Waals surface area contributed by atoms with E-state index in [9.17, 15) is 18.8 Å². The highest BCUT2D eigenvalue weighted by molar-refractivity contribution is 6.23. The summed E-state index contributed by atoms with van der Waals surface area (Å²) in [5.41, 5.74) is 1.53. The van der Waals surface area contributed by atoms with Crippen molar-refractivity contribution < 1.29 is 23.5 Å². The second-order valence-corrected chi connectivity index (χ2v) is 7.73. The van der Waals surface area contributed by atoms with E-state index in [0.29, 0.717) is 17.9 Å². The lowest BCUT2D eigenvalue weighted by Gasteiger charge is -2.28. The minimum absolute atomic E-state index is 0.131. The Balaban J connectivity index is 1.63. The van der Waals surface area contributed by atoms with Crippen molar-refractivity contribution in [3.8, 4) is 5.75 Å². The van der Waals surface area contributed by atoms with Crippen molar-refractivity contribution in [2.24, 2.45) is 0 Å². The second kappa shape index (κ2) is 9.65. The van der Waals surface area contributed by atoms with Crippen LogP contribution in [0, 0.1) is 5.82 Å². The molecule has 1 aliphatic heterocycles. The number of halogens is 1. The van der Waals surface area contributed by atoms with Crippen LogP contribution < -0.4 is 9.64 Å². The number of methoxy groups -OCH3 is 1. The molecule has 1 atom stereocenters. The molecule has 33 heavy (non-hydrogen) atoms. The summed E-state index contributed by atoms with van der Waals surface area (Å²) in [6.45, 7) is 0.208. The van der Waals surface area contributed by atoms with E-state index in [0.717, 1.165) is 16.5 Å². The van der Waals surface area contributed by atoms with Gasteiger partial charge in [0, 0.05) is 12.1 Å². The molecule has 6 nitrogen and oxygen atoms in total. The molecule has 0 aliphatic carbocycles. The summed E-state index contributed by atoms with van der Waals surface area (Å²) in [6.07, 6.45) is 0.350. The van der Waals surface area contributed by atoms with Gasteiger partial charge >= 0.3 is 0 Å². The van der Waals surface area contributed by atoms with Crippen molar-refractivity contribution in [1.82, 2.24) is 4.90 Å². The Labute approximate surface area is 191 Å². The van der Waals surface area contributed by atoms with Crippen molar-refractivity contribution in [1.29, 1.82) is 0 Å². The molecule has 0 N–H and O–H groups in total. The normalized spacial score (nSPS) is 15.6. The Hall–Kier alpha value is -4.00. The quantitative estimate of drug-likeness (QED) is 0.517. The summed E-state index contributed by atoms with van der Waals surface area (Å²) in [5, 5.41) is 0. The van der Waals surface area contributed by atoms with Crippen molar-refractivity contribution >= 4 is 23.4 Å². The molecule has 1 aliphatic rings. The molecule has 168 valence electrons. The van der Waals surface area contributed by atoms with Crippen LogP contribution in [0.3, 0.4) is 0 Å². The Morgan fingerprint density at radius 1 is 1.03 bits per heavy atom. The summed E-state index contributed by atoms with van der Waals surface area (Å²) in [4.78, 5) is 42.0. The molecule has 0 unspecified atom stereocenters. The number of benzene rings is 3. The lowest BCUT2D eigenvalue weighted by atomic mass is 10.1. The Bertz CT molecular complexity index is 1160. The van der Waals surface area contributed by atoms with Gasteiger partial charge in [-0.2, -0.15) is 0 Å². The fourth-order valence-corrected chi connectivity index (χ4v) is 3.94. The number of hydrogen-bond donors (Lipinski definition) is 0. The van der Waals surface area contributed by atoms with Crippen LogP contribution in [0.15, 0.2) is 78.9 Å². The molecule has 1 fully saturated rings. The van der Waals surface area contributed by atoms with Gasteiger partial charge < -0.3 is 9.64 Å². The van der Waals surface area contributed by atoms with Crippen LogP contribution >= 0.6 is 0 Å². The van der Waals surface area contributed by atoms with Gasteiger partial charge in [-0.3, -0.25) is 14.4 Å². The number of ether oxygens (including phenoxy) is 1. The third-order valence-corrected chi connectivity index (χ3v) is 5.65. The molecule has 0 spiro atoms. The number of nitrogens with zero attached hydrogens (tertiary/aromatic N) is 2. The van der Waals surface area contributed by atoms with E-state index < -0.39 is 29.6 Å². The van der Waals surface area contributed by atoms with Crippen LogP contribution in [-0.2, 0) is 16.0 Å². The van der Waals surface area contributed by atoms with Gasteiger partial charge in [-0.15, -0.1) is 0 Å². The van der Waals surface area contributed by atoms with Crippen LogP contribution in [0.25, 0.3) is 0 Å². The fourth-order valence-electron chi connectivity index (χ4n) is 3.94. The standard InChI is InChI=1S/C26H23FN2O4/c1-33-22-12-10-21(11-13-22)29-24(30)17-23(26(29)32)28(15-14-18-6-3-2-4-7-18)25(31)19-8-5-9-20(27)16-19/h2-13,16,23H,14-15,17H2,1H3/t23-/m1/s1. The highest BCUT2D eigenvalue weighted by Gasteiger charge is 2.44. The zero-order chi connectivity index (χ0) is 23.4. The molecule has 7 heteroatoms. The van der Waals surface area contributed by atoms with Crippen LogP contribution in [0.4, 0.5) is 10.1 Å². The van der Waals surface area contributed by atoms with E-state index >= 15 is 0 Å². The van der Waals surface area contributed by atoms with Gasteiger partial charge in [0.25, 0.3) is 11.8 Å². The zero-order valence-electron chi connectivity index (χ0n) is 18.1. The van der Waals surface area contributed by atoms with Crippen LogP contribution in [0.1, 0.15) is 22.3 Å². The lowest BCUT2D eigenvalue weighted by molar-refractivity contribution is -0.122. The average Bonchev–Trinajstić information content (AvgIpc) is 3.13. The van der Waals surface area contributed by atoms with Gasteiger partial charge in [0.1, 0.15) is 17.6 Å². The van der Waals surface area contributed by atoms with Crippen molar-refractivity contribution in [3.05, 3.63) is 95.8 Å². The van der Waals surface area contributed by atoms with E-state index in [-0.39, 0.29) is 18.5 Å². The largest absolute Gasteiger partial charge is 0.497 e. The topological polar surface area (TPSA) is 66.9 Å². The van der Waals surface area contributed by atoms with Crippen LogP contribution in [0.2, 0.25) is 0 Å². The average molecular weight is 446 g/mol. The number of amides is 3. The molecule has 3 aromatic rings. The maximum absolute atomic E-state index is 13.8. The molecule has 0 saturated carbocycles. The smallest absolute Gasteiger partial charge is 0.257 e. The predicted molar refractivity (Wildman–Crippen MR) is 121 cm³/mol. The maximum atomic E-state index is 13.8. The molecule has 1 heterocycles. The highest BCUT2D eigenvalue weighted by Crippen LogP contribution is 2.28. The first kappa shape index (κ1) is 22.2. The molecule has 3 amide bonds. The third-order valence-electron chi connectivity index (χ3n) is 5.65. The third kappa shape index (κ3) is 4.77. The summed E-state index contributed by atoms with van der Waals surface area (Å²) < 4.78 is 18.9. The first-order valence-corrected chi connectivity index (χ1v) is 10.6. The molecule has 0 radical (unpaired) electrons. The fraction of sp³-hybridized carbons (Fsp3) is 0.192. The number of anilines is 1. The number of imide groups is 1. The summed E-state index contributed by atoms with van der Waals surface area (Å²) in [7, 11) is 1.53. The molecule has 0 bridgehead atoms. The number of hydrogen-bond acceptors (Lipinski definition) is 4. The van der Waals surface area contributed by atoms with E-state index in [1.807, 2.05) is 30.3 Å². The van der Waals surface area contributed by atoms with Gasteiger partial charge in [-0.1, -0.05) is 36.4 Å². The number of rotatable bonds is 7. The van der Waals surface area contributed by atoms with Gasteiger partial charge in [0.05, 0.1) is 19.2 Å². The van der Waals surface area contributed by atoms with Gasteiger partial charge in [0.2, 0.25) is 5.91 Å². The molecule has 3 aromatic carbocycles. The maximum Gasteiger partial charge on any atom is 0.257 e. The SMILES string of the molecule is COc1ccc(N2C(=O)C[C@@H](N(CCc3ccccc3)C(=O)c3cccc(F)c3)C2=O)cc1. The van der Waals surface area contributed by atoms with E-state index in [1.165, 1.54) is 30.2 Å². The zero-order valence-corrected chi connectivity index (χ0v) is 18.1. The lowest BCUT2D eigenvalue weighted by Crippen LogP contribution is -2.46.